The molecule has 7 nitrogen and oxygen atoms in total. The fraction of sp³-hybridized carbons (Fsp3) is 0.526. The van der Waals surface area contributed by atoms with Crippen molar-refractivity contribution in [2.45, 2.75) is 44.6 Å². The number of nitrogens with zero attached hydrogens (tertiary/aromatic N) is 1. The van der Waals surface area contributed by atoms with Gasteiger partial charge in [0.25, 0.3) is 5.91 Å². The van der Waals surface area contributed by atoms with Crippen LogP contribution in [0, 0.1) is 5.92 Å². The van der Waals surface area contributed by atoms with E-state index in [9.17, 15) is 9.59 Å². The van der Waals surface area contributed by atoms with Crippen molar-refractivity contribution in [3.05, 3.63) is 30.0 Å². The van der Waals surface area contributed by atoms with Crippen LogP contribution < -0.4 is 16.4 Å². The van der Waals surface area contributed by atoms with Crippen LogP contribution in [0.2, 0.25) is 0 Å². The lowest BCUT2D eigenvalue weighted by molar-refractivity contribution is -0.122. The highest BCUT2D eigenvalue weighted by atomic mass is 16.2. The summed E-state index contributed by atoms with van der Waals surface area (Å²) < 4.78 is 0. The van der Waals surface area contributed by atoms with Gasteiger partial charge in [0.2, 0.25) is 5.91 Å². The van der Waals surface area contributed by atoms with Gasteiger partial charge in [0.1, 0.15) is 0 Å². The normalized spacial score (nSPS) is 16.3. The van der Waals surface area contributed by atoms with E-state index in [0.717, 1.165) is 23.7 Å². The summed E-state index contributed by atoms with van der Waals surface area (Å²) in [4.78, 5) is 24.5. The molecule has 26 heavy (non-hydrogen) atoms. The van der Waals surface area contributed by atoms with E-state index >= 15 is 0 Å². The standard InChI is InChI=1S/C19H27N5O2/c20-12-16(13-6-2-1-3-7-13)22-17(25)10-11-21-19(26)18-14-8-4-5-9-15(14)23-24-18/h4-5,8-9,13,16H,1-3,6-7,10-12,20H2,(H,21,26)(H,22,25)(H,23,24). The summed E-state index contributed by atoms with van der Waals surface area (Å²) in [5.74, 6) is 0.124. The predicted molar refractivity (Wildman–Crippen MR) is 101 cm³/mol. The molecule has 1 aliphatic rings. The number of rotatable bonds is 7. The molecule has 0 aliphatic heterocycles. The van der Waals surface area contributed by atoms with Crippen molar-refractivity contribution in [3.8, 4) is 0 Å². The van der Waals surface area contributed by atoms with Gasteiger partial charge in [0.15, 0.2) is 5.69 Å². The molecule has 5 N–H and O–H groups in total. The Morgan fingerprint density at radius 1 is 1.23 bits per heavy atom. The third kappa shape index (κ3) is 4.40. The minimum atomic E-state index is -0.280. The van der Waals surface area contributed by atoms with Crippen molar-refractivity contribution in [1.82, 2.24) is 20.8 Å². The van der Waals surface area contributed by atoms with Crippen molar-refractivity contribution >= 4 is 22.7 Å². The summed E-state index contributed by atoms with van der Waals surface area (Å²) in [6, 6.07) is 7.49. The molecule has 1 aromatic heterocycles. The van der Waals surface area contributed by atoms with Gasteiger partial charge in [0.05, 0.1) is 5.52 Å². The highest BCUT2D eigenvalue weighted by Crippen LogP contribution is 2.26. The summed E-state index contributed by atoms with van der Waals surface area (Å²) >= 11 is 0. The van der Waals surface area contributed by atoms with Crippen LogP contribution in [0.4, 0.5) is 0 Å². The number of fused-ring (bicyclic) bond motifs is 1. The first kappa shape index (κ1) is 18.4. The van der Waals surface area contributed by atoms with Crippen LogP contribution in [0.3, 0.4) is 0 Å². The number of aromatic nitrogens is 2. The van der Waals surface area contributed by atoms with E-state index in [4.69, 9.17) is 5.73 Å². The minimum Gasteiger partial charge on any atom is -0.352 e. The van der Waals surface area contributed by atoms with Gasteiger partial charge in [-0.25, -0.2) is 0 Å². The number of aromatic amines is 1. The Morgan fingerprint density at radius 2 is 2.00 bits per heavy atom. The summed E-state index contributed by atoms with van der Waals surface area (Å²) in [5, 5.41) is 13.5. The first-order chi connectivity index (χ1) is 12.7. The van der Waals surface area contributed by atoms with Crippen LogP contribution in [0.25, 0.3) is 10.9 Å². The number of hydrogen-bond donors (Lipinski definition) is 4. The fourth-order valence-corrected chi connectivity index (χ4v) is 3.69. The number of benzene rings is 1. The maximum absolute atomic E-state index is 12.3. The summed E-state index contributed by atoms with van der Waals surface area (Å²) in [6.07, 6.45) is 6.19. The molecule has 1 saturated carbocycles. The molecule has 3 rings (SSSR count). The van der Waals surface area contributed by atoms with Crippen molar-refractivity contribution in [2.24, 2.45) is 11.7 Å². The molecule has 0 spiro atoms. The second kappa shape index (κ2) is 8.80. The van der Waals surface area contributed by atoms with Gasteiger partial charge in [-0.05, 0) is 24.8 Å². The number of nitrogens with two attached hydrogens (primary N) is 1. The van der Waals surface area contributed by atoms with Gasteiger partial charge in [0, 0.05) is 30.9 Å². The second-order valence-corrected chi connectivity index (χ2v) is 6.93. The zero-order valence-corrected chi connectivity index (χ0v) is 15.0. The number of amides is 2. The zero-order valence-electron chi connectivity index (χ0n) is 15.0. The Kier molecular flexibility index (Phi) is 6.22. The van der Waals surface area contributed by atoms with Gasteiger partial charge in [-0.2, -0.15) is 5.10 Å². The molecule has 0 bridgehead atoms. The second-order valence-electron chi connectivity index (χ2n) is 6.93. The topological polar surface area (TPSA) is 113 Å². The van der Waals surface area contributed by atoms with Crippen molar-refractivity contribution < 1.29 is 9.59 Å². The highest BCUT2D eigenvalue weighted by molar-refractivity contribution is 6.04. The molecule has 140 valence electrons. The number of hydrogen-bond acceptors (Lipinski definition) is 4. The van der Waals surface area contributed by atoms with E-state index in [1.165, 1.54) is 19.3 Å². The Labute approximate surface area is 153 Å². The van der Waals surface area contributed by atoms with Crippen LogP contribution in [-0.4, -0.2) is 41.1 Å². The summed E-state index contributed by atoms with van der Waals surface area (Å²) in [7, 11) is 0. The van der Waals surface area contributed by atoms with Crippen LogP contribution in [-0.2, 0) is 4.79 Å². The van der Waals surface area contributed by atoms with Crippen molar-refractivity contribution in [3.63, 3.8) is 0 Å². The number of carbonyl (C=O) groups excluding carboxylic acids is 2. The monoisotopic (exact) mass is 357 g/mol. The predicted octanol–water partition coefficient (Wildman–Crippen LogP) is 1.71. The van der Waals surface area contributed by atoms with E-state index in [-0.39, 0.29) is 30.8 Å². The van der Waals surface area contributed by atoms with Gasteiger partial charge < -0.3 is 16.4 Å². The minimum absolute atomic E-state index is 0.0359. The SMILES string of the molecule is NCC(NC(=O)CCNC(=O)c1n[nH]c2ccccc12)C1CCCCC1. The number of H-pyrrole nitrogens is 1. The van der Waals surface area contributed by atoms with E-state index in [1.54, 1.807) is 0 Å². The first-order valence-corrected chi connectivity index (χ1v) is 9.39. The highest BCUT2D eigenvalue weighted by Gasteiger charge is 2.24. The van der Waals surface area contributed by atoms with E-state index < -0.39 is 0 Å². The first-order valence-electron chi connectivity index (χ1n) is 9.39. The lowest BCUT2D eigenvalue weighted by atomic mass is 9.84. The van der Waals surface area contributed by atoms with Crippen molar-refractivity contribution in [2.75, 3.05) is 13.1 Å². The van der Waals surface area contributed by atoms with Gasteiger partial charge in [-0.1, -0.05) is 37.5 Å². The van der Waals surface area contributed by atoms with E-state index in [0.29, 0.717) is 18.2 Å². The van der Waals surface area contributed by atoms with Gasteiger partial charge in [-0.3, -0.25) is 14.7 Å². The summed E-state index contributed by atoms with van der Waals surface area (Å²) in [5.41, 5.74) is 7.01. The summed E-state index contributed by atoms with van der Waals surface area (Å²) in [6.45, 7) is 0.732. The molecule has 2 aromatic rings. The van der Waals surface area contributed by atoms with Gasteiger partial charge >= 0.3 is 0 Å². The molecule has 1 aliphatic carbocycles. The van der Waals surface area contributed by atoms with Crippen LogP contribution >= 0.6 is 0 Å². The maximum atomic E-state index is 12.3. The number of para-hydroxylation sites is 1. The van der Waals surface area contributed by atoms with E-state index in [2.05, 4.69) is 20.8 Å². The average molecular weight is 357 g/mol. The molecule has 0 radical (unpaired) electrons. The Hall–Kier alpha value is -2.41. The van der Waals surface area contributed by atoms with E-state index in [1.807, 2.05) is 24.3 Å². The quantitative estimate of drug-likeness (QED) is 0.604. The lowest BCUT2D eigenvalue weighted by Crippen LogP contribution is -2.46. The molecule has 1 atom stereocenters. The molecule has 7 heteroatoms. The van der Waals surface area contributed by atoms with Crippen LogP contribution in [0.15, 0.2) is 24.3 Å². The van der Waals surface area contributed by atoms with Crippen LogP contribution in [0.1, 0.15) is 49.0 Å². The smallest absolute Gasteiger partial charge is 0.272 e. The third-order valence-corrected chi connectivity index (χ3v) is 5.14. The fourth-order valence-electron chi connectivity index (χ4n) is 3.69. The molecule has 1 aromatic carbocycles. The number of carbonyl (C=O) groups is 2. The molecule has 2 amide bonds. The Bertz CT molecular complexity index is 751. The van der Waals surface area contributed by atoms with Gasteiger partial charge in [-0.15, -0.1) is 0 Å². The molecular formula is C19H27N5O2. The largest absolute Gasteiger partial charge is 0.352 e. The molecular weight excluding hydrogens is 330 g/mol. The Morgan fingerprint density at radius 3 is 2.77 bits per heavy atom. The average Bonchev–Trinajstić information content (AvgIpc) is 3.11. The maximum Gasteiger partial charge on any atom is 0.272 e. The molecule has 1 fully saturated rings. The third-order valence-electron chi connectivity index (χ3n) is 5.14. The molecule has 1 unspecified atom stereocenters. The molecule has 1 heterocycles. The molecule has 0 saturated heterocycles. The Balaban J connectivity index is 1.46. The van der Waals surface area contributed by atoms with Crippen LogP contribution in [0.5, 0.6) is 0 Å². The lowest BCUT2D eigenvalue weighted by Gasteiger charge is -2.30. The zero-order chi connectivity index (χ0) is 18.4. The van der Waals surface area contributed by atoms with Crippen molar-refractivity contribution in [1.29, 1.82) is 0 Å². The number of nitrogens with one attached hydrogen (secondary N) is 3.